The second kappa shape index (κ2) is 4.13. The molecule has 0 radical (unpaired) electrons. The first-order valence-electron chi connectivity index (χ1n) is 5.10. The van der Waals surface area contributed by atoms with Gasteiger partial charge in [-0.3, -0.25) is 10.7 Å². The average molecular weight is 194 g/mol. The zero-order valence-electron chi connectivity index (χ0n) is 8.61. The quantitative estimate of drug-likeness (QED) is 0.571. The number of hydrogen-bond acceptors (Lipinski definition) is 4. The maximum atomic E-state index is 5.71. The number of rotatable bonds is 1. The monoisotopic (exact) mass is 194 g/mol. The summed E-state index contributed by atoms with van der Waals surface area (Å²) in [6.07, 6.45) is 6.73. The zero-order chi connectivity index (χ0) is 9.97. The third kappa shape index (κ3) is 2.15. The summed E-state index contributed by atoms with van der Waals surface area (Å²) < 4.78 is 0. The minimum absolute atomic E-state index is 0.355. The lowest BCUT2D eigenvalue weighted by Gasteiger charge is -2.37. The molecule has 2 aliphatic rings. The number of piperazine rings is 1. The molecule has 3 N–H and O–H groups in total. The van der Waals surface area contributed by atoms with Gasteiger partial charge in [0.15, 0.2) is 0 Å². The van der Waals surface area contributed by atoms with Crippen molar-refractivity contribution in [2.75, 3.05) is 26.2 Å². The van der Waals surface area contributed by atoms with Gasteiger partial charge in [0.25, 0.3) is 0 Å². The normalized spacial score (nSPS) is 29.9. The van der Waals surface area contributed by atoms with Crippen LogP contribution in [0.25, 0.3) is 0 Å². The van der Waals surface area contributed by atoms with Gasteiger partial charge in [0.2, 0.25) is 0 Å². The molecule has 0 aliphatic carbocycles. The Kier molecular flexibility index (Phi) is 2.86. The molecule has 2 rings (SSSR count). The van der Waals surface area contributed by atoms with E-state index in [4.69, 9.17) is 5.84 Å². The Morgan fingerprint density at radius 1 is 1.36 bits per heavy atom. The number of hydrogen-bond donors (Lipinski definition) is 2. The summed E-state index contributed by atoms with van der Waals surface area (Å²) >= 11 is 0. The van der Waals surface area contributed by atoms with Crippen LogP contribution in [0, 0.1) is 0 Å². The van der Waals surface area contributed by atoms with Crippen molar-refractivity contribution in [3.63, 3.8) is 0 Å². The summed E-state index contributed by atoms with van der Waals surface area (Å²) in [7, 11) is 0. The number of hydrazine groups is 1. The highest BCUT2D eigenvalue weighted by atomic mass is 15.4. The van der Waals surface area contributed by atoms with E-state index in [0.29, 0.717) is 6.17 Å². The van der Waals surface area contributed by atoms with E-state index in [2.05, 4.69) is 29.3 Å². The second-order valence-corrected chi connectivity index (χ2v) is 3.93. The summed E-state index contributed by atoms with van der Waals surface area (Å²) in [6.45, 7) is 6.10. The first-order chi connectivity index (χ1) is 6.75. The van der Waals surface area contributed by atoms with Gasteiger partial charge in [0, 0.05) is 26.2 Å². The fourth-order valence-corrected chi connectivity index (χ4v) is 1.86. The third-order valence-corrected chi connectivity index (χ3v) is 2.78. The highest BCUT2D eigenvalue weighted by molar-refractivity contribution is 5.22. The maximum absolute atomic E-state index is 5.71. The Morgan fingerprint density at radius 2 is 2.07 bits per heavy atom. The van der Waals surface area contributed by atoms with Crippen LogP contribution in [0.15, 0.2) is 23.9 Å². The van der Waals surface area contributed by atoms with Crippen molar-refractivity contribution in [2.45, 2.75) is 13.1 Å². The lowest BCUT2D eigenvalue weighted by molar-refractivity contribution is 0.105. The van der Waals surface area contributed by atoms with E-state index in [1.165, 1.54) is 5.57 Å². The minimum atomic E-state index is 0.355. The Bertz CT molecular complexity index is 251. The maximum Gasteiger partial charge on any atom is 0.0988 e. The van der Waals surface area contributed by atoms with Crippen molar-refractivity contribution < 1.29 is 0 Å². The smallest absolute Gasteiger partial charge is 0.0988 e. The van der Waals surface area contributed by atoms with Crippen molar-refractivity contribution in [3.8, 4) is 0 Å². The van der Waals surface area contributed by atoms with Crippen molar-refractivity contribution in [3.05, 3.63) is 23.9 Å². The van der Waals surface area contributed by atoms with Crippen molar-refractivity contribution in [1.82, 2.24) is 15.2 Å². The molecular formula is C10H18N4. The van der Waals surface area contributed by atoms with Crippen LogP contribution >= 0.6 is 0 Å². The molecule has 2 aliphatic heterocycles. The van der Waals surface area contributed by atoms with E-state index in [1.807, 2.05) is 11.2 Å². The number of dihydropyridines is 1. The second-order valence-electron chi connectivity index (χ2n) is 3.93. The molecule has 1 fully saturated rings. The van der Waals surface area contributed by atoms with Gasteiger partial charge in [0.05, 0.1) is 6.17 Å². The van der Waals surface area contributed by atoms with E-state index in [0.717, 1.165) is 26.2 Å². The summed E-state index contributed by atoms with van der Waals surface area (Å²) in [4.78, 5) is 2.41. The van der Waals surface area contributed by atoms with Crippen LogP contribution in [0.2, 0.25) is 0 Å². The third-order valence-electron chi connectivity index (χ3n) is 2.78. The van der Waals surface area contributed by atoms with Crippen molar-refractivity contribution in [2.24, 2.45) is 5.84 Å². The molecular weight excluding hydrogens is 176 g/mol. The standard InChI is InChI=1S/C10H18N4/c1-9-2-3-12-10(8-9)13-4-6-14(11)7-5-13/h2-3,8,10,12H,4-7,11H2,1H3. The molecule has 78 valence electrons. The average Bonchev–Trinajstić information content (AvgIpc) is 2.19. The number of nitrogens with two attached hydrogens (primary N) is 1. The SMILES string of the molecule is CC1=CC(N2CCN(N)CC2)NC=C1. The number of allylic oxidation sites excluding steroid dienone is 2. The Balaban J connectivity index is 1.93. The lowest BCUT2D eigenvalue weighted by atomic mass is 10.2. The summed E-state index contributed by atoms with van der Waals surface area (Å²) in [6, 6.07) is 0. The van der Waals surface area contributed by atoms with E-state index >= 15 is 0 Å². The van der Waals surface area contributed by atoms with Gasteiger partial charge >= 0.3 is 0 Å². The fourth-order valence-electron chi connectivity index (χ4n) is 1.86. The molecule has 0 aromatic rings. The van der Waals surface area contributed by atoms with Gasteiger partial charge < -0.3 is 5.32 Å². The van der Waals surface area contributed by atoms with Crippen LogP contribution in [0.4, 0.5) is 0 Å². The van der Waals surface area contributed by atoms with E-state index < -0.39 is 0 Å². The molecule has 14 heavy (non-hydrogen) atoms. The predicted octanol–water partition coefficient (Wildman–Crippen LogP) is -0.133. The molecule has 0 amide bonds. The van der Waals surface area contributed by atoms with Crippen LogP contribution in [0.3, 0.4) is 0 Å². The molecule has 0 aromatic carbocycles. The Labute approximate surface area is 85.0 Å². The van der Waals surface area contributed by atoms with E-state index in [1.54, 1.807) is 0 Å². The molecule has 4 heteroatoms. The lowest BCUT2D eigenvalue weighted by Crippen LogP contribution is -2.55. The Morgan fingerprint density at radius 3 is 2.71 bits per heavy atom. The molecule has 2 heterocycles. The Hall–Kier alpha value is -0.840. The first-order valence-corrected chi connectivity index (χ1v) is 5.10. The van der Waals surface area contributed by atoms with Crippen LogP contribution in [-0.2, 0) is 0 Å². The predicted molar refractivity (Wildman–Crippen MR) is 57.2 cm³/mol. The molecule has 1 unspecified atom stereocenters. The topological polar surface area (TPSA) is 44.5 Å². The van der Waals surface area contributed by atoms with E-state index in [9.17, 15) is 0 Å². The van der Waals surface area contributed by atoms with Crippen molar-refractivity contribution in [1.29, 1.82) is 0 Å². The number of nitrogens with zero attached hydrogens (tertiary/aromatic N) is 2. The minimum Gasteiger partial charge on any atom is -0.372 e. The fraction of sp³-hybridized carbons (Fsp3) is 0.600. The van der Waals surface area contributed by atoms with Crippen LogP contribution in [0.5, 0.6) is 0 Å². The van der Waals surface area contributed by atoms with Crippen LogP contribution in [-0.4, -0.2) is 42.3 Å². The molecule has 1 atom stereocenters. The molecule has 0 spiro atoms. The molecule has 0 saturated carbocycles. The molecule has 0 aromatic heterocycles. The number of nitrogens with one attached hydrogen (secondary N) is 1. The van der Waals surface area contributed by atoms with Gasteiger partial charge in [-0.2, -0.15) is 0 Å². The summed E-state index contributed by atoms with van der Waals surface area (Å²) in [5, 5.41) is 5.22. The zero-order valence-corrected chi connectivity index (χ0v) is 8.61. The van der Waals surface area contributed by atoms with Crippen molar-refractivity contribution >= 4 is 0 Å². The van der Waals surface area contributed by atoms with Crippen LogP contribution in [0.1, 0.15) is 6.92 Å². The van der Waals surface area contributed by atoms with Gasteiger partial charge in [-0.15, -0.1) is 0 Å². The van der Waals surface area contributed by atoms with E-state index in [-0.39, 0.29) is 0 Å². The highest BCUT2D eigenvalue weighted by Crippen LogP contribution is 2.09. The van der Waals surface area contributed by atoms with Gasteiger partial charge in [0.1, 0.15) is 0 Å². The van der Waals surface area contributed by atoms with Crippen LogP contribution < -0.4 is 11.2 Å². The molecule has 1 saturated heterocycles. The first kappa shape index (κ1) is 9.71. The highest BCUT2D eigenvalue weighted by Gasteiger charge is 2.20. The van der Waals surface area contributed by atoms with Gasteiger partial charge in [-0.25, -0.2) is 5.01 Å². The molecule has 0 bridgehead atoms. The van der Waals surface area contributed by atoms with Gasteiger partial charge in [-0.05, 0) is 25.3 Å². The summed E-state index contributed by atoms with van der Waals surface area (Å²) in [5.41, 5.74) is 1.32. The molecule has 4 nitrogen and oxygen atoms in total. The largest absolute Gasteiger partial charge is 0.372 e. The summed E-state index contributed by atoms with van der Waals surface area (Å²) in [5.74, 6) is 5.71. The van der Waals surface area contributed by atoms with Gasteiger partial charge in [-0.1, -0.05) is 5.57 Å².